The number of hydrogen-bond donors (Lipinski definition) is 1. The van der Waals surface area contributed by atoms with E-state index in [0.717, 1.165) is 0 Å². The maximum absolute atomic E-state index is 12.3. The molecule has 3 rings (SSSR count). The van der Waals surface area contributed by atoms with E-state index in [1.54, 1.807) is 18.2 Å². The SMILES string of the molecule is NS(=O)(=O)c1ccc(OCCOC(=O)CCC(=O)c2ccc3c(c2)OCCO3)cc1. The number of benzene rings is 2. The van der Waals surface area contributed by atoms with Crippen LogP contribution >= 0.6 is 0 Å². The van der Waals surface area contributed by atoms with E-state index in [2.05, 4.69) is 0 Å². The van der Waals surface area contributed by atoms with E-state index < -0.39 is 16.0 Å². The van der Waals surface area contributed by atoms with Crippen LogP contribution in [0.3, 0.4) is 0 Å². The van der Waals surface area contributed by atoms with Crippen LogP contribution in [0, 0.1) is 0 Å². The standard InChI is InChI=1S/C20H21NO8S/c21-30(24,25)16-4-2-15(3-5-16)26-9-12-29-20(23)8-6-17(22)14-1-7-18-19(13-14)28-11-10-27-18/h1-5,7,13H,6,8-12H2,(H2,21,24,25). The Bertz CT molecular complexity index is 1020. The molecule has 0 aliphatic carbocycles. The van der Waals surface area contributed by atoms with Crippen molar-refractivity contribution in [3.05, 3.63) is 48.0 Å². The van der Waals surface area contributed by atoms with E-state index in [1.165, 1.54) is 24.3 Å². The molecule has 1 aliphatic heterocycles. The van der Waals surface area contributed by atoms with Crippen LogP contribution in [0.25, 0.3) is 0 Å². The molecule has 0 bridgehead atoms. The number of nitrogens with two attached hydrogens (primary N) is 1. The molecule has 2 N–H and O–H groups in total. The Kier molecular flexibility index (Phi) is 6.91. The van der Waals surface area contributed by atoms with Gasteiger partial charge in [-0.25, -0.2) is 13.6 Å². The molecular formula is C20H21NO8S. The van der Waals surface area contributed by atoms with Crippen LogP contribution in [0.15, 0.2) is 47.4 Å². The fourth-order valence-corrected chi connectivity index (χ4v) is 3.20. The van der Waals surface area contributed by atoms with Gasteiger partial charge in [-0.2, -0.15) is 0 Å². The minimum atomic E-state index is -3.76. The van der Waals surface area contributed by atoms with Crippen LogP contribution in [0.4, 0.5) is 0 Å². The lowest BCUT2D eigenvalue weighted by molar-refractivity contribution is -0.144. The summed E-state index contributed by atoms with van der Waals surface area (Å²) in [6.45, 7) is 0.969. The lowest BCUT2D eigenvalue weighted by atomic mass is 10.1. The van der Waals surface area contributed by atoms with E-state index in [-0.39, 0.29) is 36.7 Å². The maximum atomic E-state index is 12.3. The molecule has 0 saturated heterocycles. The van der Waals surface area contributed by atoms with Crippen molar-refractivity contribution < 1.29 is 37.0 Å². The molecule has 0 saturated carbocycles. The zero-order chi connectivity index (χ0) is 21.6. The summed E-state index contributed by atoms with van der Waals surface area (Å²) in [5, 5.41) is 5.02. The average Bonchev–Trinajstić information content (AvgIpc) is 2.74. The van der Waals surface area contributed by atoms with Crippen molar-refractivity contribution >= 4 is 21.8 Å². The number of fused-ring (bicyclic) bond motifs is 1. The predicted molar refractivity (Wildman–Crippen MR) is 105 cm³/mol. The van der Waals surface area contributed by atoms with Gasteiger partial charge < -0.3 is 18.9 Å². The molecule has 0 fully saturated rings. The molecule has 2 aromatic carbocycles. The van der Waals surface area contributed by atoms with Crippen LogP contribution in [0.5, 0.6) is 17.2 Å². The van der Waals surface area contributed by atoms with Crippen molar-refractivity contribution in [3.8, 4) is 17.2 Å². The van der Waals surface area contributed by atoms with E-state index in [4.69, 9.17) is 24.1 Å². The Morgan fingerprint density at radius 1 is 0.933 bits per heavy atom. The molecule has 10 heteroatoms. The number of rotatable bonds is 9. The van der Waals surface area contributed by atoms with Gasteiger partial charge in [0.25, 0.3) is 0 Å². The van der Waals surface area contributed by atoms with E-state index in [1.807, 2.05) is 0 Å². The van der Waals surface area contributed by atoms with Crippen molar-refractivity contribution in [1.82, 2.24) is 0 Å². The number of primary sulfonamides is 1. The van der Waals surface area contributed by atoms with Crippen molar-refractivity contribution in [2.24, 2.45) is 5.14 Å². The number of esters is 1. The molecule has 0 amide bonds. The molecule has 2 aromatic rings. The fourth-order valence-electron chi connectivity index (χ4n) is 2.69. The zero-order valence-corrected chi connectivity index (χ0v) is 16.9. The van der Waals surface area contributed by atoms with Gasteiger partial charge in [0.05, 0.1) is 11.3 Å². The molecule has 30 heavy (non-hydrogen) atoms. The second-order valence-corrected chi connectivity index (χ2v) is 7.93. The van der Waals surface area contributed by atoms with Crippen molar-refractivity contribution in [2.75, 3.05) is 26.4 Å². The molecule has 0 atom stereocenters. The van der Waals surface area contributed by atoms with Gasteiger partial charge in [0.2, 0.25) is 10.0 Å². The predicted octanol–water partition coefficient (Wildman–Crippen LogP) is 1.69. The topological polar surface area (TPSA) is 131 Å². The van der Waals surface area contributed by atoms with Gasteiger partial charge in [0.1, 0.15) is 32.2 Å². The quantitative estimate of drug-likeness (QED) is 0.358. The number of ketones is 1. The number of sulfonamides is 1. The third kappa shape index (κ3) is 5.94. The second kappa shape index (κ2) is 9.59. The molecule has 0 aromatic heterocycles. The van der Waals surface area contributed by atoms with Gasteiger partial charge in [-0.15, -0.1) is 0 Å². The largest absolute Gasteiger partial charge is 0.490 e. The lowest BCUT2D eigenvalue weighted by Crippen LogP contribution is -2.16. The molecule has 1 aliphatic rings. The smallest absolute Gasteiger partial charge is 0.306 e. The number of carbonyl (C=O) groups excluding carboxylic acids is 2. The highest BCUT2D eigenvalue weighted by atomic mass is 32.2. The van der Waals surface area contributed by atoms with Gasteiger partial charge in [0.15, 0.2) is 17.3 Å². The Morgan fingerprint density at radius 2 is 1.63 bits per heavy atom. The monoisotopic (exact) mass is 435 g/mol. The first-order valence-corrected chi connectivity index (χ1v) is 10.7. The van der Waals surface area contributed by atoms with Gasteiger partial charge in [-0.3, -0.25) is 9.59 Å². The van der Waals surface area contributed by atoms with Gasteiger partial charge in [-0.05, 0) is 42.5 Å². The van der Waals surface area contributed by atoms with Crippen LogP contribution in [-0.4, -0.2) is 46.6 Å². The second-order valence-electron chi connectivity index (χ2n) is 6.37. The highest BCUT2D eigenvalue weighted by molar-refractivity contribution is 7.89. The zero-order valence-electron chi connectivity index (χ0n) is 16.0. The summed E-state index contributed by atoms with van der Waals surface area (Å²) < 4.78 is 43.6. The van der Waals surface area contributed by atoms with Crippen LogP contribution in [-0.2, 0) is 19.6 Å². The van der Waals surface area contributed by atoms with Crippen molar-refractivity contribution in [3.63, 3.8) is 0 Å². The van der Waals surface area contributed by atoms with Gasteiger partial charge in [0, 0.05) is 12.0 Å². The molecule has 0 spiro atoms. The summed E-state index contributed by atoms with van der Waals surface area (Å²) in [4.78, 5) is 24.1. The fraction of sp³-hybridized carbons (Fsp3) is 0.300. The van der Waals surface area contributed by atoms with E-state index >= 15 is 0 Å². The Labute approximate surface area is 173 Å². The summed E-state index contributed by atoms with van der Waals surface area (Å²) in [5.74, 6) is 0.803. The Morgan fingerprint density at radius 3 is 2.33 bits per heavy atom. The number of hydrogen-bond acceptors (Lipinski definition) is 8. The first-order valence-electron chi connectivity index (χ1n) is 9.17. The third-order valence-corrected chi connectivity index (χ3v) is 5.12. The van der Waals surface area contributed by atoms with E-state index in [9.17, 15) is 18.0 Å². The van der Waals surface area contributed by atoms with Crippen molar-refractivity contribution in [2.45, 2.75) is 17.7 Å². The molecule has 0 unspecified atom stereocenters. The lowest BCUT2D eigenvalue weighted by Gasteiger charge is -2.18. The minimum absolute atomic E-state index is 0.00597. The van der Waals surface area contributed by atoms with Crippen molar-refractivity contribution in [1.29, 1.82) is 0 Å². The highest BCUT2D eigenvalue weighted by Gasteiger charge is 2.16. The first-order chi connectivity index (χ1) is 14.3. The highest BCUT2D eigenvalue weighted by Crippen LogP contribution is 2.31. The van der Waals surface area contributed by atoms with Gasteiger partial charge in [-0.1, -0.05) is 0 Å². The summed E-state index contributed by atoms with van der Waals surface area (Å²) in [5.41, 5.74) is 0.443. The normalized spacial score (nSPS) is 12.8. The summed E-state index contributed by atoms with van der Waals surface area (Å²) in [6, 6.07) is 10.5. The Balaban J connectivity index is 1.37. The number of Topliss-reactive ketones (excluding diaryl/α,β-unsaturated/α-hetero) is 1. The number of carbonyl (C=O) groups is 2. The first kappa shape index (κ1) is 21.6. The summed E-state index contributed by atoms with van der Waals surface area (Å²) in [6.07, 6.45) is -0.0509. The molecule has 1 heterocycles. The molecule has 9 nitrogen and oxygen atoms in total. The third-order valence-electron chi connectivity index (χ3n) is 4.19. The molecular weight excluding hydrogens is 414 g/mol. The van der Waals surface area contributed by atoms with Gasteiger partial charge >= 0.3 is 5.97 Å². The minimum Gasteiger partial charge on any atom is -0.490 e. The average molecular weight is 435 g/mol. The summed E-state index contributed by atoms with van der Waals surface area (Å²) >= 11 is 0. The van der Waals surface area contributed by atoms with Crippen LogP contribution in [0.2, 0.25) is 0 Å². The van der Waals surface area contributed by atoms with Crippen LogP contribution < -0.4 is 19.3 Å². The van der Waals surface area contributed by atoms with Crippen LogP contribution in [0.1, 0.15) is 23.2 Å². The summed E-state index contributed by atoms with van der Waals surface area (Å²) in [7, 11) is -3.76. The maximum Gasteiger partial charge on any atom is 0.306 e. The number of ether oxygens (including phenoxy) is 4. The molecule has 160 valence electrons. The van der Waals surface area contributed by atoms with E-state index in [0.29, 0.717) is 36.0 Å². The molecule has 0 radical (unpaired) electrons. The Hall–Kier alpha value is -3.11.